The van der Waals surface area contributed by atoms with E-state index in [2.05, 4.69) is 75.7 Å². The number of aliphatic hydroxyl groups is 1. The molecule has 131 heavy (non-hydrogen) atoms. The number of hydrogen-bond donors (Lipinski definition) is 8. The lowest BCUT2D eigenvalue weighted by Gasteiger charge is -2.48. The van der Waals surface area contributed by atoms with Gasteiger partial charge >= 0.3 is 47.8 Å². The van der Waals surface area contributed by atoms with Crippen molar-refractivity contribution < 1.29 is 167 Å². The Labute approximate surface area is 763 Å². The van der Waals surface area contributed by atoms with Crippen LogP contribution in [0.15, 0.2) is 24.3 Å². The van der Waals surface area contributed by atoms with Crippen molar-refractivity contribution >= 4 is 97.5 Å². The maximum absolute atomic E-state index is 15.1. The lowest BCUT2D eigenvalue weighted by Crippen LogP contribution is -2.72. The molecule has 1 aromatic carbocycles. The van der Waals surface area contributed by atoms with Gasteiger partial charge in [-0.2, -0.15) is 5.26 Å². The summed E-state index contributed by atoms with van der Waals surface area (Å²) in [6.07, 6.45) is -12.3. The molecule has 3 aliphatic heterocycles. The SMILES string of the molecule is CC(=O)CC1C(NC(C)O)C(OCCOCCNC(=O)CN(CC(=O)NCCOCCOC2(NC(C)=O)COC(COC(C)=O)C(OC(C)=O)C2OC(C)=O)C(Cc2ccc(CNC(=O)[C@H]3CC[C@@H](OP(OCCC#N)N(C(C)C)C(C)C)CC3)cc2)C(=O)NCCOCCOC2OC(COC(C)=O)C(OC(C)=O)C(OC(C)=O)C2NC(C)=O)OC(COC(C)=O)C1OC(C)=O. The number of rotatable bonds is 57. The first-order chi connectivity index (χ1) is 62.1. The van der Waals surface area contributed by atoms with Crippen molar-refractivity contribution in [2.75, 3.05) is 125 Å². The average molecular weight is 1890 g/mol. The monoisotopic (exact) mass is 1880 g/mol. The summed E-state index contributed by atoms with van der Waals surface area (Å²) in [5.41, 5.74) is -0.772. The number of amides is 6. The van der Waals surface area contributed by atoms with Crippen molar-refractivity contribution in [3.63, 3.8) is 0 Å². The topological polar surface area (TPSA) is 566 Å². The van der Waals surface area contributed by atoms with E-state index in [1.807, 2.05) is 0 Å². The van der Waals surface area contributed by atoms with Crippen molar-refractivity contribution in [2.45, 2.75) is 272 Å². The molecule has 1 saturated carbocycles. The van der Waals surface area contributed by atoms with Gasteiger partial charge in [-0.3, -0.25) is 77.3 Å². The molecule has 0 spiro atoms. The minimum absolute atomic E-state index is 0.104. The van der Waals surface area contributed by atoms with Gasteiger partial charge in [-0.05, 0) is 84.8 Å². The molecule has 6 amide bonds. The molecule has 17 atom stereocenters. The normalized spacial score (nSPS) is 24.3. The zero-order valence-corrected chi connectivity index (χ0v) is 78.4. The van der Waals surface area contributed by atoms with Crippen LogP contribution in [0, 0.1) is 23.2 Å². The highest BCUT2D eigenvalue weighted by Crippen LogP contribution is 2.49. The quantitative estimate of drug-likeness (QED) is 0.0142. The van der Waals surface area contributed by atoms with Crippen LogP contribution in [0.5, 0.6) is 0 Å². The number of carbonyl (C=O) groups is 15. The first-order valence-electron chi connectivity index (χ1n) is 43.5. The summed E-state index contributed by atoms with van der Waals surface area (Å²) in [5.74, 6) is -11.1. The van der Waals surface area contributed by atoms with Gasteiger partial charge in [-0.15, -0.1) is 0 Å². The number of nitrogens with one attached hydrogen (secondary N) is 7. The van der Waals surface area contributed by atoms with Crippen LogP contribution in [-0.2, 0) is 174 Å². The van der Waals surface area contributed by atoms with Crippen LogP contribution < -0.4 is 37.2 Å². The molecule has 1 aromatic rings. The third-order valence-corrected chi connectivity index (χ3v) is 22.5. The fourth-order valence-corrected chi connectivity index (χ4v) is 16.8. The van der Waals surface area contributed by atoms with E-state index in [4.69, 9.17) is 89.6 Å². The number of benzene rings is 1. The number of esters is 8. The van der Waals surface area contributed by atoms with E-state index in [1.165, 1.54) is 32.6 Å². The van der Waals surface area contributed by atoms with Gasteiger partial charge in [0.15, 0.2) is 37.0 Å². The second-order valence-electron chi connectivity index (χ2n) is 32.1. The molecule has 5 rings (SSSR count). The summed E-state index contributed by atoms with van der Waals surface area (Å²) in [6.45, 7) is 17.1. The largest absolute Gasteiger partial charge is 0.463 e. The predicted octanol–water partition coefficient (Wildman–Crippen LogP) is 0.241. The summed E-state index contributed by atoms with van der Waals surface area (Å²) in [7, 11) is -1.49. The lowest BCUT2D eigenvalue weighted by molar-refractivity contribution is -0.279. The molecule has 3 heterocycles. The molecular weight excluding hydrogens is 1750 g/mol. The van der Waals surface area contributed by atoms with Crippen LogP contribution in [0.2, 0.25) is 0 Å². The first kappa shape index (κ1) is 112. The lowest BCUT2D eigenvalue weighted by atomic mass is 9.83. The molecule has 1 aliphatic carbocycles. The van der Waals surface area contributed by atoms with Gasteiger partial charge in [0.25, 0.3) is 8.53 Å². The zero-order chi connectivity index (χ0) is 97.0. The molecule has 738 valence electrons. The number of aliphatic hydroxyl groups excluding tert-OH is 1. The molecule has 17 unspecified atom stereocenters. The zero-order valence-electron chi connectivity index (χ0n) is 77.5. The van der Waals surface area contributed by atoms with Crippen LogP contribution in [0.1, 0.15) is 160 Å². The summed E-state index contributed by atoms with van der Waals surface area (Å²) in [5, 5.41) is 39.3. The Hall–Kier alpha value is -9.21. The van der Waals surface area contributed by atoms with E-state index in [9.17, 15) is 77.5 Å². The molecule has 0 aromatic heterocycles. The van der Waals surface area contributed by atoms with Gasteiger partial charge in [0.05, 0.1) is 116 Å². The molecule has 3 saturated heterocycles. The maximum atomic E-state index is 15.1. The number of nitrogens with zero attached hydrogens (tertiary/aromatic N) is 3. The van der Waals surface area contributed by atoms with Crippen molar-refractivity contribution in [1.82, 2.24) is 46.8 Å². The van der Waals surface area contributed by atoms with Gasteiger partial charge in [-0.1, -0.05) is 24.3 Å². The van der Waals surface area contributed by atoms with Crippen molar-refractivity contribution in [3.8, 4) is 6.07 Å². The molecule has 46 heteroatoms. The Morgan fingerprint density at radius 1 is 0.534 bits per heavy atom. The highest BCUT2D eigenvalue weighted by atomic mass is 31.2. The van der Waals surface area contributed by atoms with Gasteiger partial charge in [0.1, 0.15) is 62.3 Å². The predicted molar refractivity (Wildman–Crippen MR) is 455 cm³/mol. The fourth-order valence-electron chi connectivity index (χ4n) is 15.1. The Morgan fingerprint density at radius 2 is 1.02 bits per heavy atom. The molecule has 4 fully saturated rings. The van der Waals surface area contributed by atoms with E-state index in [1.54, 1.807) is 24.3 Å². The van der Waals surface area contributed by atoms with Gasteiger partial charge in [0.2, 0.25) is 41.2 Å². The van der Waals surface area contributed by atoms with Gasteiger partial charge in [-0.25, -0.2) is 4.67 Å². The summed E-state index contributed by atoms with van der Waals surface area (Å²) in [6, 6.07) is 5.70. The molecule has 45 nitrogen and oxygen atoms in total. The smallest absolute Gasteiger partial charge is 0.303 e. The second-order valence-corrected chi connectivity index (χ2v) is 33.5. The van der Waals surface area contributed by atoms with Crippen LogP contribution in [0.3, 0.4) is 0 Å². The minimum Gasteiger partial charge on any atom is -0.463 e. The van der Waals surface area contributed by atoms with Crippen LogP contribution in [0.25, 0.3) is 0 Å². The molecule has 8 N–H and O–H groups in total. The van der Waals surface area contributed by atoms with Crippen LogP contribution in [0.4, 0.5) is 0 Å². The summed E-state index contributed by atoms with van der Waals surface area (Å²) >= 11 is 0. The van der Waals surface area contributed by atoms with E-state index in [0.29, 0.717) is 36.8 Å². The number of Topliss-reactive ketones (excluding diaryl/α,β-unsaturated/α-hetero) is 1. The molecule has 4 aliphatic rings. The van der Waals surface area contributed by atoms with Crippen LogP contribution in [-0.4, -0.2) is 339 Å². The van der Waals surface area contributed by atoms with Gasteiger partial charge < -0.3 is 131 Å². The van der Waals surface area contributed by atoms with E-state index in [0.717, 1.165) is 55.4 Å². The number of ketones is 1. The van der Waals surface area contributed by atoms with E-state index >= 15 is 4.79 Å². The summed E-state index contributed by atoms with van der Waals surface area (Å²) < 4.78 is 112. The molecule has 0 radical (unpaired) electrons. The fraction of sp³-hybridized carbons (Fsp3) is 0.741. The van der Waals surface area contributed by atoms with Crippen molar-refractivity contribution in [2.24, 2.45) is 11.8 Å². The van der Waals surface area contributed by atoms with Gasteiger partial charge in [0, 0.05) is 126 Å². The van der Waals surface area contributed by atoms with E-state index < -0.39 is 216 Å². The maximum Gasteiger partial charge on any atom is 0.303 e. The second kappa shape index (κ2) is 58.7. The summed E-state index contributed by atoms with van der Waals surface area (Å²) in [4.78, 5) is 195. The Bertz CT molecular complexity index is 3890. The Kier molecular flexibility index (Phi) is 50.3. The Balaban J connectivity index is 1.40. The number of hydrogen-bond acceptors (Lipinski definition) is 39. The van der Waals surface area contributed by atoms with E-state index in [-0.39, 0.29) is 154 Å². The number of ether oxygens (including phenoxy) is 17. The number of carbonyl (C=O) groups excluding carboxylic acids is 15. The van der Waals surface area contributed by atoms with Crippen LogP contribution >= 0.6 is 8.53 Å². The third kappa shape index (κ3) is 41.0. The first-order valence-corrected chi connectivity index (χ1v) is 44.7. The highest BCUT2D eigenvalue weighted by Gasteiger charge is 2.58. The number of nitriles is 1. The van der Waals surface area contributed by atoms with Crippen molar-refractivity contribution in [3.05, 3.63) is 35.4 Å². The Morgan fingerprint density at radius 3 is 1.50 bits per heavy atom. The average Bonchev–Trinajstić information content (AvgIpc) is 0.762. The standard InChI is InChI=1S/C85H133N10O35P/c1-49(2)95(50(3)4)131(122-30-17-26-86)130-66-24-22-65(23-25-66)81(110)90-42-64-20-18-63(19-21-64)41-68(82(111)89-29-33-113-35-38-116-84-75(92-53(7)98)79(126-61(15)106)77(124-59(13)104)71(129-84)47-119-57(11)102)94(43-72(108)87-27-31-112-34-37-115-83-74(91-52(6)97)67(40-51(5)96)76(123-58(12)103)70(128-83)46-118-56(10)101)44-73(109)88-28-32-114-36-39-121-85(93-54(8)99)48-120-69(45-117-55(9)100)78(125-60(14)105)80(85)127-62(16)107/h18-21,49-50,52,65-71,74-80,83-84,91,97H,17,22-25,27-48H2,1-16H3,(H,87,108)(H,88,109)(H,89,111)(H,90,110)(H,92,98)(H,93,99)/t52?,65-,66+,67?,68?,69?,70?,71?,74?,75?,76?,77?,78?,79?,80?,83?,84?,85?,131?. The molecule has 0 bridgehead atoms. The third-order valence-electron chi connectivity index (χ3n) is 20.3. The van der Waals surface area contributed by atoms with Crippen molar-refractivity contribution in [1.29, 1.82) is 5.26 Å². The highest BCUT2D eigenvalue weighted by molar-refractivity contribution is 7.44. The molecular formula is C85H133N10O35P. The minimum atomic E-state index is -2.00.